The van der Waals surface area contributed by atoms with Crippen LogP contribution in [0.1, 0.15) is 9.67 Å². The number of hydrogen-bond donors (Lipinski definition) is 2. The van der Waals surface area contributed by atoms with E-state index in [0.29, 0.717) is 15.4 Å². The van der Waals surface area contributed by atoms with Crippen molar-refractivity contribution in [3.05, 3.63) is 70.0 Å². The lowest BCUT2D eigenvalue weighted by atomic mass is 9.99. The summed E-state index contributed by atoms with van der Waals surface area (Å²) in [5, 5.41) is 0.772. The zero-order valence-corrected chi connectivity index (χ0v) is 16.0. The van der Waals surface area contributed by atoms with E-state index in [1.807, 2.05) is 60.7 Å². The zero-order valence-electron chi connectivity index (χ0n) is 13.6. The molecule has 128 valence electrons. The van der Waals surface area contributed by atoms with Crippen LogP contribution in [-0.4, -0.2) is 10.9 Å². The monoisotopic (exact) mass is 423 g/mol. The number of rotatable bonds is 3. The quantitative estimate of drug-likeness (QED) is 0.482. The number of thiophene rings is 1. The molecule has 0 aliphatic rings. The Balaban J connectivity index is 2.07. The minimum atomic E-state index is -0.534. The molecule has 0 radical (unpaired) electrons. The van der Waals surface area contributed by atoms with Crippen molar-refractivity contribution in [3.8, 4) is 22.4 Å². The van der Waals surface area contributed by atoms with Crippen molar-refractivity contribution in [2.45, 2.75) is 0 Å². The lowest BCUT2D eigenvalue weighted by Crippen LogP contribution is -2.10. The molecule has 4 nitrogen and oxygen atoms in total. The van der Waals surface area contributed by atoms with E-state index in [-0.39, 0.29) is 0 Å². The van der Waals surface area contributed by atoms with Crippen molar-refractivity contribution in [2.24, 2.45) is 5.73 Å². The molecule has 0 aliphatic carbocycles. The summed E-state index contributed by atoms with van der Waals surface area (Å²) in [6, 6.07) is 19.9. The smallest absolute Gasteiger partial charge is 0.260 e. The number of nitrogens with two attached hydrogens (primary N) is 2. The predicted molar refractivity (Wildman–Crippen MR) is 111 cm³/mol. The lowest BCUT2D eigenvalue weighted by molar-refractivity contribution is 0.100. The van der Waals surface area contributed by atoms with Crippen LogP contribution in [0.4, 0.5) is 5.69 Å². The highest BCUT2D eigenvalue weighted by Gasteiger charge is 2.20. The average Bonchev–Trinajstić information content (AvgIpc) is 2.99. The molecule has 4 aromatic rings. The number of nitrogen functional groups attached to an aromatic ring is 1. The molecule has 2 heterocycles. The van der Waals surface area contributed by atoms with E-state index >= 15 is 0 Å². The molecule has 0 unspecified atom stereocenters. The molecule has 0 atom stereocenters. The number of amides is 1. The Morgan fingerprint density at radius 2 is 1.73 bits per heavy atom. The lowest BCUT2D eigenvalue weighted by Gasteiger charge is -2.09. The first-order valence-electron chi connectivity index (χ1n) is 7.89. The molecular formula is C20H14BrN3OS. The molecule has 0 spiro atoms. The number of pyridine rings is 1. The Kier molecular flexibility index (Phi) is 4.22. The van der Waals surface area contributed by atoms with Gasteiger partial charge in [-0.2, -0.15) is 0 Å². The van der Waals surface area contributed by atoms with Gasteiger partial charge in [0.2, 0.25) is 0 Å². The van der Waals surface area contributed by atoms with Gasteiger partial charge in [0.1, 0.15) is 9.71 Å². The van der Waals surface area contributed by atoms with Crippen LogP contribution in [0.2, 0.25) is 0 Å². The molecule has 0 fully saturated rings. The van der Waals surface area contributed by atoms with Gasteiger partial charge in [0.05, 0.1) is 11.4 Å². The fourth-order valence-electron chi connectivity index (χ4n) is 2.95. The van der Waals surface area contributed by atoms with Crippen LogP contribution in [0.25, 0.3) is 32.6 Å². The predicted octanol–water partition coefficient (Wildman–Crippen LogP) is 5.07. The molecular weight excluding hydrogens is 410 g/mol. The second kappa shape index (κ2) is 6.55. The SMILES string of the molecule is NC(=O)c1sc2nc(-c3cccc(Br)c3)cc(-c3ccccc3)c2c1N. The maximum Gasteiger partial charge on any atom is 0.260 e. The van der Waals surface area contributed by atoms with Gasteiger partial charge in [0, 0.05) is 15.4 Å². The van der Waals surface area contributed by atoms with Crippen molar-refractivity contribution >= 4 is 49.1 Å². The molecule has 6 heteroatoms. The third kappa shape index (κ3) is 2.87. The first kappa shape index (κ1) is 16.8. The Hall–Kier alpha value is -2.70. The molecule has 4 N–H and O–H groups in total. The second-order valence-corrected chi connectivity index (χ2v) is 7.74. The second-order valence-electron chi connectivity index (χ2n) is 5.82. The first-order chi connectivity index (χ1) is 12.5. The topological polar surface area (TPSA) is 82.0 Å². The number of anilines is 1. The summed E-state index contributed by atoms with van der Waals surface area (Å²) in [6.45, 7) is 0. The molecule has 0 aliphatic heterocycles. The van der Waals surface area contributed by atoms with Crippen molar-refractivity contribution in [1.82, 2.24) is 4.98 Å². The number of halogens is 1. The van der Waals surface area contributed by atoms with E-state index in [1.165, 1.54) is 11.3 Å². The summed E-state index contributed by atoms with van der Waals surface area (Å²) in [7, 11) is 0. The van der Waals surface area contributed by atoms with Crippen LogP contribution in [-0.2, 0) is 0 Å². The van der Waals surface area contributed by atoms with E-state index in [9.17, 15) is 4.79 Å². The summed E-state index contributed by atoms with van der Waals surface area (Å²) >= 11 is 4.73. The minimum Gasteiger partial charge on any atom is -0.397 e. The van der Waals surface area contributed by atoms with Crippen molar-refractivity contribution in [1.29, 1.82) is 0 Å². The van der Waals surface area contributed by atoms with Gasteiger partial charge in [-0.1, -0.05) is 58.4 Å². The Morgan fingerprint density at radius 3 is 2.42 bits per heavy atom. The number of nitrogens with zero attached hydrogens (tertiary/aromatic N) is 1. The van der Waals surface area contributed by atoms with E-state index in [2.05, 4.69) is 15.9 Å². The van der Waals surface area contributed by atoms with E-state index in [1.54, 1.807) is 0 Å². The van der Waals surface area contributed by atoms with E-state index < -0.39 is 5.91 Å². The van der Waals surface area contributed by atoms with Gasteiger partial charge in [0.25, 0.3) is 5.91 Å². The maximum atomic E-state index is 11.8. The van der Waals surface area contributed by atoms with Gasteiger partial charge in [-0.15, -0.1) is 11.3 Å². The molecule has 0 saturated heterocycles. The van der Waals surface area contributed by atoms with Gasteiger partial charge in [0.15, 0.2) is 0 Å². The van der Waals surface area contributed by atoms with Gasteiger partial charge < -0.3 is 11.5 Å². The summed E-state index contributed by atoms with van der Waals surface area (Å²) in [4.78, 5) is 17.5. The third-order valence-electron chi connectivity index (χ3n) is 4.13. The normalized spacial score (nSPS) is 11.0. The largest absolute Gasteiger partial charge is 0.397 e. The minimum absolute atomic E-state index is 0.344. The van der Waals surface area contributed by atoms with E-state index in [4.69, 9.17) is 16.5 Å². The number of carbonyl (C=O) groups excluding carboxylic acids is 1. The number of fused-ring (bicyclic) bond motifs is 1. The molecule has 26 heavy (non-hydrogen) atoms. The van der Waals surface area contributed by atoms with Crippen LogP contribution in [0.3, 0.4) is 0 Å². The highest BCUT2D eigenvalue weighted by Crippen LogP contribution is 2.41. The maximum absolute atomic E-state index is 11.8. The Bertz CT molecular complexity index is 1140. The fourth-order valence-corrected chi connectivity index (χ4v) is 4.32. The molecule has 2 aromatic carbocycles. The average molecular weight is 424 g/mol. The molecule has 1 amide bonds. The van der Waals surface area contributed by atoms with Crippen molar-refractivity contribution in [3.63, 3.8) is 0 Å². The number of benzene rings is 2. The number of carbonyl (C=O) groups is 1. The summed E-state index contributed by atoms with van der Waals surface area (Å²) in [5.74, 6) is -0.534. The van der Waals surface area contributed by atoms with E-state index in [0.717, 1.165) is 32.2 Å². The van der Waals surface area contributed by atoms with Crippen LogP contribution in [0.5, 0.6) is 0 Å². The van der Waals surface area contributed by atoms with Crippen molar-refractivity contribution in [2.75, 3.05) is 5.73 Å². The first-order valence-corrected chi connectivity index (χ1v) is 9.49. The van der Waals surface area contributed by atoms with Gasteiger partial charge in [-0.05, 0) is 29.3 Å². The third-order valence-corrected chi connectivity index (χ3v) is 5.74. The summed E-state index contributed by atoms with van der Waals surface area (Å²) in [6.07, 6.45) is 0. The molecule has 4 rings (SSSR count). The van der Waals surface area contributed by atoms with Gasteiger partial charge in [-0.3, -0.25) is 4.79 Å². The van der Waals surface area contributed by atoms with Crippen LogP contribution >= 0.6 is 27.3 Å². The Labute approximate surface area is 162 Å². The number of primary amides is 1. The highest BCUT2D eigenvalue weighted by molar-refractivity contribution is 9.10. The van der Waals surface area contributed by atoms with Crippen LogP contribution in [0, 0.1) is 0 Å². The number of hydrogen-bond acceptors (Lipinski definition) is 4. The van der Waals surface area contributed by atoms with Gasteiger partial charge in [-0.25, -0.2) is 4.98 Å². The molecule has 0 bridgehead atoms. The summed E-state index contributed by atoms with van der Waals surface area (Å²) < 4.78 is 0.974. The number of aromatic nitrogens is 1. The van der Waals surface area contributed by atoms with Crippen molar-refractivity contribution < 1.29 is 4.79 Å². The molecule has 0 saturated carbocycles. The Morgan fingerprint density at radius 1 is 1.00 bits per heavy atom. The van der Waals surface area contributed by atoms with Crippen LogP contribution in [0.15, 0.2) is 65.1 Å². The highest BCUT2D eigenvalue weighted by atomic mass is 79.9. The van der Waals surface area contributed by atoms with Gasteiger partial charge >= 0.3 is 0 Å². The zero-order chi connectivity index (χ0) is 18.3. The fraction of sp³-hybridized carbons (Fsp3) is 0. The molecule has 2 aromatic heterocycles. The van der Waals surface area contributed by atoms with Crippen LogP contribution < -0.4 is 11.5 Å². The standard InChI is InChI=1S/C20H14BrN3OS/c21-13-8-4-7-12(9-13)15-10-14(11-5-2-1-3-6-11)16-17(22)18(19(23)25)26-20(16)24-15/h1-10H,22H2,(H2,23,25). The summed E-state index contributed by atoms with van der Waals surface area (Å²) in [5.41, 5.74) is 15.9.